The lowest BCUT2D eigenvalue weighted by Crippen LogP contribution is -2.43. The van der Waals surface area contributed by atoms with Crippen LogP contribution in [0.25, 0.3) is 0 Å². The number of likely N-dealkylation sites (tertiary alicyclic amines) is 1. The molecule has 0 aromatic heterocycles. The maximum absolute atomic E-state index is 12.5. The molecular formula is C16H22Cl2N2O3. The fraction of sp³-hybridized carbons (Fsp3) is 0.562. The van der Waals surface area contributed by atoms with E-state index in [1.54, 1.807) is 19.2 Å². The van der Waals surface area contributed by atoms with Crippen molar-refractivity contribution in [3.63, 3.8) is 0 Å². The number of nitrogens with zero attached hydrogens (tertiary/aromatic N) is 1. The van der Waals surface area contributed by atoms with Gasteiger partial charge < -0.3 is 14.8 Å². The number of benzene rings is 1. The van der Waals surface area contributed by atoms with Crippen LogP contribution in [0.4, 0.5) is 0 Å². The number of amides is 1. The number of ether oxygens (including phenoxy) is 2. The van der Waals surface area contributed by atoms with E-state index in [1.807, 2.05) is 0 Å². The van der Waals surface area contributed by atoms with Gasteiger partial charge in [-0.25, -0.2) is 0 Å². The van der Waals surface area contributed by atoms with Gasteiger partial charge in [-0.05, 0) is 26.0 Å². The Morgan fingerprint density at radius 1 is 1.26 bits per heavy atom. The maximum Gasteiger partial charge on any atom is 0.251 e. The van der Waals surface area contributed by atoms with Crippen molar-refractivity contribution in [3.8, 4) is 5.75 Å². The molecular weight excluding hydrogens is 339 g/mol. The summed E-state index contributed by atoms with van der Waals surface area (Å²) in [5.74, 6) is 0.139. The number of nitrogens with one attached hydrogen (secondary N) is 1. The van der Waals surface area contributed by atoms with E-state index in [4.69, 9.17) is 32.7 Å². The normalized spacial score (nSPS) is 21.7. The highest BCUT2D eigenvalue weighted by Crippen LogP contribution is 2.33. The summed E-state index contributed by atoms with van der Waals surface area (Å²) in [6.07, 6.45) is -0.0365. The lowest BCUT2D eigenvalue weighted by atomic mass is 10.1. The van der Waals surface area contributed by atoms with Crippen LogP contribution in [-0.4, -0.2) is 56.3 Å². The van der Waals surface area contributed by atoms with Crippen LogP contribution in [0.15, 0.2) is 12.1 Å². The summed E-state index contributed by atoms with van der Waals surface area (Å²) in [6, 6.07) is 3.44. The van der Waals surface area contributed by atoms with Crippen LogP contribution in [0.1, 0.15) is 24.2 Å². The molecule has 7 heteroatoms. The number of rotatable bonds is 5. The Labute approximate surface area is 146 Å². The Kier molecular flexibility index (Phi) is 6.14. The van der Waals surface area contributed by atoms with Crippen LogP contribution in [0.2, 0.25) is 10.0 Å². The van der Waals surface area contributed by atoms with Gasteiger partial charge in [0.05, 0.1) is 29.3 Å². The molecule has 1 saturated heterocycles. The molecule has 23 heavy (non-hydrogen) atoms. The number of carbonyl (C=O) groups is 1. The first-order chi connectivity index (χ1) is 10.9. The van der Waals surface area contributed by atoms with Gasteiger partial charge in [0.25, 0.3) is 5.91 Å². The lowest BCUT2D eigenvalue weighted by Gasteiger charge is -2.20. The van der Waals surface area contributed by atoms with Gasteiger partial charge >= 0.3 is 0 Å². The molecule has 0 saturated carbocycles. The third kappa shape index (κ3) is 4.10. The van der Waals surface area contributed by atoms with Crippen molar-refractivity contribution in [2.75, 3.05) is 27.3 Å². The smallest absolute Gasteiger partial charge is 0.251 e. The summed E-state index contributed by atoms with van der Waals surface area (Å²) in [5.41, 5.74) is 0.402. The molecule has 0 bridgehead atoms. The van der Waals surface area contributed by atoms with Crippen molar-refractivity contribution in [2.45, 2.75) is 32.0 Å². The average Bonchev–Trinajstić information content (AvgIpc) is 2.90. The molecule has 128 valence electrons. The summed E-state index contributed by atoms with van der Waals surface area (Å²) in [5, 5.41) is 3.63. The van der Waals surface area contributed by atoms with Crippen LogP contribution in [0, 0.1) is 0 Å². The molecule has 5 nitrogen and oxygen atoms in total. The topological polar surface area (TPSA) is 50.8 Å². The highest BCUT2D eigenvalue weighted by atomic mass is 35.5. The van der Waals surface area contributed by atoms with Crippen molar-refractivity contribution in [1.82, 2.24) is 10.2 Å². The maximum atomic E-state index is 12.5. The molecule has 1 aliphatic rings. The van der Waals surface area contributed by atoms with E-state index in [0.29, 0.717) is 27.4 Å². The molecule has 2 rings (SSSR count). The van der Waals surface area contributed by atoms with Crippen molar-refractivity contribution >= 4 is 29.1 Å². The zero-order valence-electron chi connectivity index (χ0n) is 13.7. The molecule has 1 aromatic carbocycles. The molecule has 0 spiro atoms. The van der Waals surface area contributed by atoms with E-state index in [2.05, 4.69) is 24.1 Å². The van der Waals surface area contributed by atoms with Gasteiger partial charge in [0, 0.05) is 31.8 Å². The average molecular weight is 361 g/mol. The fourth-order valence-corrected chi connectivity index (χ4v) is 3.38. The molecule has 1 N–H and O–H groups in total. The first kappa shape index (κ1) is 18.3. The number of carbonyl (C=O) groups excluding carboxylic acids is 1. The minimum atomic E-state index is -0.228. The van der Waals surface area contributed by atoms with Gasteiger partial charge in [0.1, 0.15) is 0 Å². The van der Waals surface area contributed by atoms with Crippen LogP contribution >= 0.6 is 23.2 Å². The highest BCUT2D eigenvalue weighted by Gasteiger charge is 2.35. The van der Waals surface area contributed by atoms with Crippen molar-refractivity contribution in [1.29, 1.82) is 0 Å². The van der Waals surface area contributed by atoms with Crippen molar-refractivity contribution in [2.24, 2.45) is 0 Å². The van der Waals surface area contributed by atoms with Crippen LogP contribution in [0.5, 0.6) is 5.75 Å². The van der Waals surface area contributed by atoms with E-state index >= 15 is 0 Å². The van der Waals surface area contributed by atoms with E-state index in [0.717, 1.165) is 13.1 Å². The monoisotopic (exact) mass is 360 g/mol. The Bertz CT molecular complexity index is 557. The van der Waals surface area contributed by atoms with Crippen molar-refractivity contribution in [3.05, 3.63) is 27.7 Å². The van der Waals surface area contributed by atoms with Crippen molar-refractivity contribution < 1.29 is 14.3 Å². The molecule has 1 fully saturated rings. The minimum absolute atomic E-state index is 0.0365. The summed E-state index contributed by atoms with van der Waals surface area (Å²) >= 11 is 12.2. The van der Waals surface area contributed by atoms with Gasteiger partial charge in [-0.2, -0.15) is 0 Å². The highest BCUT2D eigenvalue weighted by molar-refractivity contribution is 6.37. The fourth-order valence-electron chi connectivity index (χ4n) is 2.74. The lowest BCUT2D eigenvalue weighted by molar-refractivity contribution is 0.0753. The van der Waals surface area contributed by atoms with Gasteiger partial charge in [-0.15, -0.1) is 0 Å². The number of halogens is 2. The zero-order chi connectivity index (χ0) is 17.1. The van der Waals surface area contributed by atoms with Crippen LogP contribution < -0.4 is 10.1 Å². The summed E-state index contributed by atoms with van der Waals surface area (Å²) in [6.45, 7) is 5.79. The second kappa shape index (κ2) is 7.71. The number of hydrogen-bond donors (Lipinski definition) is 1. The molecule has 1 amide bonds. The molecule has 1 aromatic rings. The Morgan fingerprint density at radius 2 is 1.87 bits per heavy atom. The molecule has 0 unspecified atom stereocenters. The largest absolute Gasteiger partial charge is 0.494 e. The molecule has 2 atom stereocenters. The number of methoxy groups -OCH3 is 2. The second-order valence-corrected chi connectivity index (χ2v) is 6.69. The Morgan fingerprint density at radius 3 is 2.35 bits per heavy atom. The van der Waals surface area contributed by atoms with E-state index < -0.39 is 0 Å². The Balaban J connectivity index is 2.12. The quantitative estimate of drug-likeness (QED) is 0.876. The molecule has 1 heterocycles. The van der Waals surface area contributed by atoms with Gasteiger partial charge in [-0.1, -0.05) is 23.2 Å². The van der Waals surface area contributed by atoms with E-state index in [-0.39, 0.29) is 18.1 Å². The summed E-state index contributed by atoms with van der Waals surface area (Å²) < 4.78 is 10.6. The first-order valence-corrected chi connectivity index (χ1v) is 8.23. The predicted octanol–water partition coefficient (Wildman–Crippen LogP) is 2.84. The number of hydrogen-bond acceptors (Lipinski definition) is 4. The van der Waals surface area contributed by atoms with Crippen LogP contribution in [0.3, 0.4) is 0 Å². The summed E-state index contributed by atoms with van der Waals surface area (Å²) in [4.78, 5) is 14.8. The predicted molar refractivity (Wildman–Crippen MR) is 91.8 cm³/mol. The van der Waals surface area contributed by atoms with E-state index in [1.165, 1.54) is 7.11 Å². The third-order valence-electron chi connectivity index (χ3n) is 4.11. The first-order valence-electron chi connectivity index (χ1n) is 7.48. The third-order valence-corrected chi connectivity index (χ3v) is 4.67. The Hall–Kier alpha value is -1.01. The standard InChI is InChI=1S/C16H22Cl2N2O3/c1-9(2)20-7-13(14(8-20)22-3)19-16(21)10-5-11(17)15(23-4)12(18)6-10/h5-6,9,13-14H,7-8H2,1-4H3,(H,19,21)/t13-,14-/m0/s1. The van der Waals surface area contributed by atoms with Gasteiger partial charge in [0.15, 0.2) is 5.75 Å². The minimum Gasteiger partial charge on any atom is -0.494 e. The molecule has 1 aliphatic heterocycles. The molecule has 0 aliphatic carbocycles. The second-order valence-electron chi connectivity index (χ2n) is 5.87. The summed E-state index contributed by atoms with van der Waals surface area (Å²) in [7, 11) is 3.14. The van der Waals surface area contributed by atoms with Gasteiger partial charge in [-0.3, -0.25) is 9.69 Å². The van der Waals surface area contributed by atoms with Gasteiger partial charge in [0.2, 0.25) is 0 Å². The molecule has 0 radical (unpaired) electrons. The zero-order valence-corrected chi connectivity index (χ0v) is 15.2. The SMILES string of the molecule is COc1c(Cl)cc(C(=O)N[C@H]2CN(C(C)C)C[C@@H]2OC)cc1Cl. The van der Waals surface area contributed by atoms with Crippen LogP contribution in [-0.2, 0) is 4.74 Å². The van der Waals surface area contributed by atoms with E-state index in [9.17, 15) is 4.79 Å².